The normalized spacial score (nSPS) is 12.3. The molecule has 2 aromatic rings. The maximum Gasteiger partial charge on any atom is 0.416 e. The summed E-state index contributed by atoms with van der Waals surface area (Å²) in [6, 6.07) is 5.94. The van der Waals surface area contributed by atoms with Crippen LogP contribution in [0.15, 0.2) is 47.4 Å². The van der Waals surface area contributed by atoms with Crippen molar-refractivity contribution in [3.05, 3.63) is 58.6 Å². The summed E-state index contributed by atoms with van der Waals surface area (Å²) in [5.74, 6) is -4.42. The van der Waals surface area contributed by atoms with Crippen molar-refractivity contribution >= 4 is 33.0 Å². The lowest BCUT2D eigenvalue weighted by Crippen LogP contribution is -2.14. The summed E-state index contributed by atoms with van der Waals surface area (Å²) in [7, 11) is -4.80. The number of carbonyl (C=O) groups excluding carboxylic acids is 1. The number of nitrogens with one attached hydrogen (secondary N) is 1. The zero-order valence-corrected chi connectivity index (χ0v) is 14.1. The summed E-state index contributed by atoms with van der Waals surface area (Å²) in [5, 5.41) is 1.89. The van der Waals surface area contributed by atoms with Crippen molar-refractivity contribution in [3.63, 3.8) is 0 Å². The van der Waals surface area contributed by atoms with Gasteiger partial charge in [0.05, 0.1) is 21.2 Å². The molecule has 26 heavy (non-hydrogen) atoms. The molecule has 0 spiro atoms. The Labute approximate surface area is 149 Å². The second-order valence-electron chi connectivity index (χ2n) is 4.98. The van der Waals surface area contributed by atoms with Gasteiger partial charge in [0.15, 0.2) is 0 Å². The Morgan fingerprint density at radius 1 is 1.04 bits per heavy atom. The van der Waals surface area contributed by atoms with E-state index in [9.17, 15) is 35.2 Å². The third kappa shape index (κ3) is 4.31. The van der Waals surface area contributed by atoms with Gasteiger partial charge in [-0.3, -0.25) is 4.79 Å². The average molecular weight is 414 g/mol. The average Bonchev–Trinajstić information content (AvgIpc) is 2.55. The fourth-order valence-corrected chi connectivity index (χ4v) is 2.84. The summed E-state index contributed by atoms with van der Waals surface area (Å²) in [6.45, 7) is 0. The van der Waals surface area contributed by atoms with Crippen molar-refractivity contribution < 1.29 is 35.2 Å². The first-order chi connectivity index (χ1) is 11.9. The molecule has 0 saturated carbocycles. The van der Waals surface area contributed by atoms with E-state index < -0.39 is 38.1 Å². The lowest BCUT2D eigenvalue weighted by atomic mass is 10.1. The molecule has 0 radical (unpaired) electrons. The number of anilines is 1. The Hall–Kier alpha value is -2.20. The molecule has 1 amide bonds. The molecule has 140 valence electrons. The summed E-state index contributed by atoms with van der Waals surface area (Å²) in [4.78, 5) is 11.4. The summed E-state index contributed by atoms with van der Waals surface area (Å²) in [6.07, 6.45) is -4.60. The minimum Gasteiger partial charge on any atom is -0.321 e. The van der Waals surface area contributed by atoms with E-state index in [0.29, 0.717) is 6.07 Å². The first kappa shape index (κ1) is 20.1. The molecule has 0 fully saturated rings. The molecule has 0 saturated heterocycles. The smallest absolute Gasteiger partial charge is 0.321 e. The number of rotatable bonds is 4. The van der Waals surface area contributed by atoms with Crippen LogP contribution < -0.4 is 5.32 Å². The van der Waals surface area contributed by atoms with Crippen LogP contribution in [0.1, 0.15) is 15.9 Å². The molecular formula is C15H9ClF5NO3S. The highest BCUT2D eigenvalue weighted by Crippen LogP contribution is 2.33. The van der Waals surface area contributed by atoms with Crippen molar-refractivity contribution in [2.75, 3.05) is 5.32 Å². The topological polar surface area (TPSA) is 63.2 Å². The minimum atomic E-state index is -4.80. The quantitative estimate of drug-likeness (QED) is 0.745. The van der Waals surface area contributed by atoms with Crippen LogP contribution in [-0.4, -0.2) is 20.1 Å². The van der Waals surface area contributed by atoms with Crippen LogP contribution in [0.4, 0.5) is 27.6 Å². The van der Waals surface area contributed by atoms with E-state index in [4.69, 9.17) is 11.6 Å². The van der Waals surface area contributed by atoms with Gasteiger partial charge in [0.2, 0.25) is 9.84 Å². The molecule has 0 aliphatic rings. The van der Waals surface area contributed by atoms with E-state index in [1.54, 1.807) is 0 Å². The van der Waals surface area contributed by atoms with Crippen molar-refractivity contribution in [3.8, 4) is 0 Å². The molecule has 11 heteroatoms. The molecule has 0 aromatic heterocycles. The number of hydrogen-bond donors (Lipinski definition) is 1. The maximum absolute atomic E-state index is 12.6. The van der Waals surface area contributed by atoms with Gasteiger partial charge < -0.3 is 5.32 Å². The molecule has 0 unspecified atom stereocenters. The van der Waals surface area contributed by atoms with Crippen LogP contribution in [0.25, 0.3) is 0 Å². The maximum atomic E-state index is 12.6. The Kier molecular flexibility index (Phi) is 5.57. The van der Waals surface area contributed by atoms with Crippen molar-refractivity contribution in [1.82, 2.24) is 0 Å². The Bertz CT molecular complexity index is 927. The fourth-order valence-electron chi connectivity index (χ4n) is 1.89. The van der Waals surface area contributed by atoms with Gasteiger partial charge in [0, 0.05) is 5.56 Å². The van der Waals surface area contributed by atoms with Crippen LogP contribution in [0.5, 0.6) is 0 Å². The highest BCUT2D eigenvalue weighted by Gasteiger charge is 2.31. The van der Waals surface area contributed by atoms with Gasteiger partial charge >= 0.3 is 11.9 Å². The second kappa shape index (κ2) is 7.20. The molecule has 2 aromatic carbocycles. The molecule has 0 bridgehead atoms. The number of benzene rings is 2. The predicted octanol–water partition coefficient (Wildman–Crippen LogP) is 4.61. The van der Waals surface area contributed by atoms with E-state index in [2.05, 4.69) is 5.32 Å². The van der Waals surface area contributed by atoms with Gasteiger partial charge in [0.25, 0.3) is 5.91 Å². The number of amides is 1. The molecule has 0 atom stereocenters. The van der Waals surface area contributed by atoms with Gasteiger partial charge in [-0.1, -0.05) is 11.6 Å². The monoisotopic (exact) mass is 413 g/mol. The summed E-state index contributed by atoms with van der Waals surface area (Å²) >= 11 is 5.71. The highest BCUT2D eigenvalue weighted by atomic mass is 35.5. The van der Waals surface area contributed by atoms with Crippen molar-refractivity contribution in [1.29, 1.82) is 0 Å². The van der Waals surface area contributed by atoms with E-state index in [1.165, 1.54) is 0 Å². The van der Waals surface area contributed by atoms with Crippen LogP contribution in [-0.2, 0) is 16.0 Å². The van der Waals surface area contributed by atoms with E-state index >= 15 is 0 Å². The zero-order valence-electron chi connectivity index (χ0n) is 12.5. The Morgan fingerprint density at radius 2 is 1.62 bits per heavy atom. The first-order valence-corrected chi connectivity index (χ1v) is 8.65. The third-order valence-corrected chi connectivity index (χ3v) is 4.94. The van der Waals surface area contributed by atoms with Crippen LogP contribution in [0.3, 0.4) is 0 Å². The van der Waals surface area contributed by atoms with Gasteiger partial charge in [0.1, 0.15) is 0 Å². The van der Waals surface area contributed by atoms with E-state index in [0.717, 1.165) is 36.4 Å². The number of carbonyl (C=O) groups is 1. The van der Waals surface area contributed by atoms with E-state index in [1.807, 2.05) is 0 Å². The molecular weight excluding hydrogens is 405 g/mol. The van der Waals surface area contributed by atoms with Crippen LogP contribution in [0, 0.1) is 0 Å². The first-order valence-electron chi connectivity index (χ1n) is 6.73. The highest BCUT2D eigenvalue weighted by molar-refractivity contribution is 7.91. The summed E-state index contributed by atoms with van der Waals surface area (Å²) in [5.41, 5.74) is -1.20. The standard InChI is InChI=1S/C15H9ClF5NO3S/c16-11-7-9(15(19,20)21)3-6-12(11)22-13(23)8-1-4-10(5-2-8)26(24,25)14(17)18/h1-7,14H,(H,22,23). The lowest BCUT2D eigenvalue weighted by Gasteiger charge is -2.11. The predicted molar refractivity (Wildman–Crippen MR) is 84.0 cm³/mol. The molecule has 2 rings (SSSR count). The van der Waals surface area contributed by atoms with Crippen LogP contribution in [0.2, 0.25) is 5.02 Å². The van der Waals surface area contributed by atoms with E-state index in [-0.39, 0.29) is 16.3 Å². The Morgan fingerprint density at radius 3 is 2.08 bits per heavy atom. The summed E-state index contributed by atoms with van der Waals surface area (Å²) < 4.78 is 85.2. The molecule has 0 aliphatic carbocycles. The number of alkyl halides is 5. The number of sulfone groups is 1. The van der Waals surface area contributed by atoms with Gasteiger partial charge in [-0.15, -0.1) is 0 Å². The van der Waals surface area contributed by atoms with Gasteiger partial charge in [-0.05, 0) is 42.5 Å². The third-order valence-electron chi connectivity index (χ3n) is 3.22. The molecule has 4 nitrogen and oxygen atoms in total. The number of halogens is 6. The molecule has 0 aliphatic heterocycles. The van der Waals surface area contributed by atoms with Crippen LogP contribution >= 0.6 is 11.6 Å². The van der Waals surface area contributed by atoms with Gasteiger partial charge in [-0.25, -0.2) is 8.42 Å². The lowest BCUT2D eigenvalue weighted by molar-refractivity contribution is -0.137. The van der Waals surface area contributed by atoms with Gasteiger partial charge in [-0.2, -0.15) is 22.0 Å². The minimum absolute atomic E-state index is 0.103. The molecule has 0 heterocycles. The largest absolute Gasteiger partial charge is 0.416 e. The fraction of sp³-hybridized carbons (Fsp3) is 0.133. The number of hydrogen-bond acceptors (Lipinski definition) is 3. The van der Waals surface area contributed by atoms with Crippen molar-refractivity contribution in [2.24, 2.45) is 0 Å². The SMILES string of the molecule is O=C(Nc1ccc(C(F)(F)F)cc1Cl)c1ccc(S(=O)(=O)C(F)F)cc1. The Balaban J connectivity index is 2.21. The van der Waals surface area contributed by atoms with Crippen molar-refractivity contribution in [2.45, 2.75) is 16.8 Å². The molecule has 1 N–H and O–H groups in total. The second-order valence-corrected chi connectivity index (χ2v) is 7.30. The zero-order chi connectivity index (χ0) is 19.7.